The van der Waals surface area contributed by atoms with E-state index in [0.29, 0.717) is 17.1 Å². The number of benzene rings is 2. The van der Waals surface area contributed by atoms with Gasteiger partial charge in [0.2, 0.25) is 5.82 Å². The lowest BCUT2D eigenvalue weighted by Crippen LogP contribution is -2.32. The Hall–Kier alpha value is -4.35. The average Bonchev–Trinajstić information content (AvgIpc) is 3.42. The van der Waals surface area contributed by atoms with E-state index in [-0.39, 0.29) is 17.2 Å². The Balaban J connectivity index is 1.34. The van der Waals surface area contributed by atoms with Crippen LogP contribution in [0.25, 0.3) is 11.4 Å². The van der Waals surface area contributed by atoms with Crippen LogP contribution < -0.4 is 15.2 Å². The number of piperidine rings is 2. The summed E-state index contributed by atoms with van der Waals surface area (Å²) in [5, 5.41) is 28.3. The van der Waals surface area contributed by atoms with E-state index in [1.165, 1.54) is 17.4 Å². The van der Waals surface area contributed by atoms with Crippen LogP contribution in [0.3, 0.4) is 0 Å². The summed E-state index contributed by atoms with van der Waals surface area (Å²) in [5.74, 6) is -0.00796. The zero-order valence-electron chi connectivity index (χ0n) is 21.2. The molecule has 0 atom stereocenters. The second-order valence-electron chi connectivity index (χ2n) is 9.55. The van der Waals surface area contributed by atoms with E-state index in [1.807, 2.05) is 36.4 Å². The Morgan fingerprint density at radius 1 is 0.974 bits per heavy atom. The first-order valence-corrected chi connectivity index (χ1v) is 13.1. The normalized spacial score (nSPS) is 16.1. The number of nitro groups is 1. The maximum Gasteiger partial charge on any atom is 0.293 e. The molecule has 2 saturated heterocycles. The molecule has 5 rings (SSSR count). The second kappa shape index (κ2) is 11.8. The van der Waals surface area contributed by atoms with Gasteiger partial charge < -0.3 is 9.80 Å². The van der Waals surface area contributed by atoms with Crippen LogP contribution in [0.1, 0.15) is 44.1 Å². The molecule has 12 nitrogen and oxygen atoms in total. The Morgan fingerprint density at radius 3 is 2.29 bits per heavy atom. The number of nitrogens with zero attached hydrogens (tertiary/aromatic N) is 8. The van der Waals surface area contributed by atoms with Gasteiger partial charge >= 0.3 is 0 Å². The SMILES string of the molecule is O=C(Cn1nnc(-c2ccccc2)n1)N/N=C\c1cc([N+](=O)[O-])c(N2CCCCC2)cc1N1CCCCC1. The predicted molar refractivity (Wildman–Crippen MR) is 144 cm³/mol. The second-order valence-corrected chi connectivity index (χ2v) is 9.55. The number of carbonyl (C=O) groups excluding carboxylic acids is 1. The van der Waals surface area contributed by atoms with Gasteiger partial charge in [-0.25, -0.2) is 5.43 Å². The number of nitro benzene ring substituents is 1. The molecular formula is C26H31N9O3. The number of rotatable bonds is 8. The van der Waals surface area contributed by atoms with Crippen LogP contribution in [0.5, 0.6) is 0 Å². The van der Waals surface area contributed by atoms with Crippen molar-refractivity contribution in [2.45, 2.75) is 45.1 Å². The molecule has 0 radical (unpaired) electrons. The molecule has 38 heavy (non-hydrogen) atoms. The van der Waals surface area contributed by atoms with Gasteiger partial charge in [0.1, 0.15) is 12.2 Å². The Bertz CT molecular complexity index is 1300. The van der Waals surface area contributed by atoms with Crippen molar-refractivity contribution in [1.29, 1.82) is 0 Å². The minimum absolute atomic E-state index is 0.0562. The summed E-state index contributed by atoms with van der Waals surface area (Å²) in [6.07, 6.45) is 7.99. The predicted octanol–water partition coefficient (Wildman–Crippen LogP) is 3.38. The van der Waals surface area contributed by atoms with E-state index in [4.69, 9.17) is 0 Å². The molecule has 2 aliphatic rings. The molecule has 3 heterocycles. The highest BCUT2D eigenvalue weighted by Gasteiger charge is 2.26. The highest BCUT2D eigenvalue weighted by atomic mass is 16.6. The monoisotopic (exact) mass is 517 g/mol. The van der Waals surface area contributed by atoms with Gasteiger partial charge in [0.25, 0.3) is 11.6 Å². The van der Waals surface area contributed by atoms with Gasteiger partial charge in [-0.3, -0.25) is 14.9 Å². The highest BCUT2D eigenvalue weighted by Crippen LogP contribution is 2.37. The lowest BCUT2D eigenvalue weighted by molar-refractivity contribution is -0.384. The van der Waals surface area contributed by atoms with E-state index < -0.39 is 5.91 Å². The van der Waals surface area contributed by atoms with Gasteiger partial charge in [-0.15, -0.1) is 10.2 Å². The molecule has 0 saturated carbocycles. The topological polar surface area (TPSA) is 135 Å². The van der Waals surface area contributed by atoms with E-state index >= 15 is 0 Å². The van der Waals surface area contributed by atoms with E-state index in [1.54, 1.807) is 6.07 Å². The summed E-state index contributed by atoms with van der Waals surface area (Å²) in [7, 11) is 0. The lowest BCUT2D eigenvalue weighted by atomic mass is 10.0. The maximum atomic E-state index is 12.5. The molecule has 2 fully saturated rings. The first kappa shape index (κ1) is 25.3. The van der Waals surface area contributed by atoms with Crippen molar-refractivity contribution in [3.63, 3.8) is 0 Å². The van der Waals surface area contributed by atoms with E-state index in [0.717, 1.165) is 69.5 Å². The van der Waals surface area contributed by atoms with Crippen molar-refractivity contribution in [2.75, 3.05) is 36.0 Å². The number of carbonyl (C=O) groups is 1. The summed E-state index contributed by atoms with van der Waals surface area (Å²) < 4.78 is 0. The first-order valence-electron chi connectivity index (χ1n) is 13.1. The molecule has 0 spiro atoms. The number of tetrazole rings is 1. The number of hydrogen-bond donors (Lipinski definition) is 1. The summed E-state index contributed by atoms with van der Waals surface area (Å²) in [6, 6.07) is 12.9. The minimum atomic E-state index is -0.433. The van der Waals surface area contributed by atoms with Crippen molar-refractivity contribution >= 4 is 29.2 Å². The molecule has 0 unspecified atom stereocenters. The van der Waals surface area contributed by atoms with Crippen molar-refractivity contribution in [3.8, 4) is 11.4 Å². The van der Waals surface area contributed by atoms with Crippen molar-refractivity contribution < 1.29 is 9.72 Å². The lowest BCUT2D eigenvalue weighted by Gasteiger charge is -2.33. The van der Waals surface area contributed by atoms with Gasteiger partial charge in [0.15, 0.2) is 0 Å². The molecule has 2 aromatic carbocycles. The summed E-state index contributed by atoms with van der Waals surface area (Å²) in [6.45, 7) is 3.22. The van der Waals surface area contributed by atoms with Gasteiger partial charge in [0.05, 0.1) is 11.1 Å². The number of aromatic nitrogens is 4. The summed E-state index contributed by atoms with van der Waals surface area (Å²) in [5.41, 5.74) is 5.51. The number of hydrogen-bond acceptors (Lipinski definition) is 9. The van der Waals surface area contributed by atoms with Crippen molar-refractivity contribution in [3.05, 3.63) is 58.1 Å². The standard InChI is InChI=1S/C26H31N9O3/c36-25(19-34-30-26(29-31-34)20-10-4-1-5-11-20)28-27-18-21-16-24(35(37)38)23(33-14-8-3-9-15-33)17-22(21)32-12-6-2-7-13-32/h1,4-5,10-11,16-18H,2-3,6-9,12-15,19H2,(H,28,36)/b27-18-. The fourth-order valence-corrected chi connectivity index (χ4v) is 4.98. The van der Waals surface area contributed by atoms with Crippen molar-refractivity contribution in [2.24, 2.45) is 5.10 Å². The number of amides is 1. The minimum Gasteiger partial charge on any atom is -0.371 e. The van der Waals surface area contributed by atoms with Crippen LogP contribution in [-0.2, 0) is 11.3 Å². The molecule has 3 aromatic rings. The number of anilines is 2. The molecule has 198 valence electrons. The number of hydrazone groups is 1. The first-order chi connectivity index (χ1) is 18.6. The van der Waals surface area contributed by atoms with Crippen LogP contribution in [-0.4, -0.2) is 63.4 Å². The molecule has 1 amide bonds. The zero-order valence-corrected chi connectivity index (χ0v) is 21.2. The Kier molecular flexibility index (Phi) is 7.86. The largest absolute Gasteiger partial charge is 0.371 e. The average molecular weight is 518 g/mol. The van der Waals surface area contributed by atoms with E-state index in [9.17, 15) is 14.9 Å². The maximum absolute atomic E-state index is 12.5. The Morgan fingerprint density at radius 2 is 1.63 bits per heavy atom. The summed E-state index contributed by atoms with van der Waals surface area (Å²) >= 11 is 0. The third-order valence-corrected chi connectivity index (χ3v) is 6.88. The van der Waals surface area contributed by atoms with Crippen molar-refractivity contribution in [1.82, 2.24) is 25.6 Å². The van der Waals surface area contributed by atoms with Gasteiger partial charge in [-0.05, 0) is 49.8 Å². The van der Waals surface area contributed by atoms with Crippen LogP contribution in [0.15, 0.2) is 47.6 Å². The fraction of sp³-hybridized carbons (Fsp3) is 0.423. The van der Waals surface area contributed by atoms with Crippen LogP contribution >= 0.6 is 0 Å². The third kappa shape index (κ3) is 5.96. The third-order valence-electron chi connectivity index (χ3n) is 6.88. The smallest absolute Gasteiger partial charge is 0.293 e. The molecular weight excluding hydrogens is 486 g/mol. The number of nitrogens with one attached hydrogen (secondary N) is 1. The molecule has 1 aromatic heterocycles. The van der Waals surface area contributed by atoms with Gasteiger partial charge in [-0.1, -0.05) is 30.3 Å². The van der Waals surface area contributed by atoms with Crippen LogP contribution in [0, 0.1) is 10.1 Å². The zero-order chi connectivity index (χ0) is 26.3. The fourth-order valence-electron chi connectivity index (χ4n) is 4.98. The summed E-state index contributed by atoms with van der Waals surface area (Å²) in [4.78, 5) is 29.8. The molecule has 2 aliphatic heterocycles. The van der Waals surface area contributed by atoms with Gasteiger partial charge in [0, 0.05) is 49.1 Å². The Labute approximate surface area is 220 Å². The molecule has 12 heteroatoms. The van der Waals surface area contributed by atoms with Crippen LogP contribution in [0.2, 0.25) is 0 Å². The van der Waals surface area contributed by atoms with Gasteiger partial charge in [-0.2, -0.15) is 9.90 Å². The van der Waals surface area contributed by atoms with E-state index in [2.05, 4.69) is 35.7 Å². The molecule has 0 bridgehead atoms. The molecule has 1 N–H and O–H groups in total. The quantitative estimate of drug-likeness (QED) is 0.273. The molecule has 0 aliphatic carbocycles. The highest BCUT2D eigenvalue weighted by molar-refractivity contribution is 5.93. The van der Waals surface area contributed by atoms with Crippen LogP contribution in [0.4, 0.5) is 17.1 Å².